The van der Waals surface area contributed by atoms with Crippen LogP contribution < -0.4 is 5.32 Å². The maximum absolute atomic E-state index is 12.6. The molecule has 0 aliphatic carbocycles. The Morgan fingerprint density at radius 3 is 2.31 bits per heavy atom. The van der Waals surface area contributed by atoms with Gasteiger partial charge < -0.3 is 19.5 Å². The van der Waals surface area contributed by atoms with E-state index in [1.807, 2.05) is 0 Å². The number of hydrogen-bond donors (Lipinski definition) is 1. The molecule has 1 amide bonds. The van der Waals surface area contributed by atoms with Crippen molar-refractivity contribution in [1.82, 2.24) is 5.32 Å². The molecule has 0 aromatic heterocycles. The van der Waals surface area contributed by atoms with Crippen molar-refractivity contribution >= 4 is 29.5 Å². The molecule has 0 saturated carbocycles. The average Bonchev–Trinajstić information content (AvgIpc) is 2.62. The molecule has 0 spiro atoms. The number of carbonyl (C=O) groups excluding carboxylic acids is 4. The fourth-order valence-electron chi connectivity index (χ4n) is 2.53. The zero-order valence-electron chi connectivity index (χ0n) is 15.0. The summed E-state index contributed by atoms with van der Waals surface area (Å²) in [5.41, 5.74) is 0.372. The van der Waals surface area contributed by atoms with Crippen LogP contribution in [-0.2, 0) is 33.4 Å². The van der Waals surface area contributed by atoms with Crippen molar-refractivity contribution in [2.75, 3.05) is 27.4 Å². The van der Waals surface area contributed by atoms with Crippen LogP contribution in [0.2, 0.25) is 0 Å². The second-order valence-corrected chi connectivity index (χ2v) is 5.31. The molecule has 1 heterocycles. The summed E-state index contributed by atoms with van der Waals surface area (Å²) in [5, 5.41) is 2.33. The van der Waals surface area contributed by atoms with Crippen LogP contribution in [-0.4, -0.2) is 56.9 Å². The van der Waals surface area contributed by atoms with E-state index in [4.69, 9.17) is 15.9 Å². The van der Waals surface area contributed by atoms with Crippen LogP contribution in [0.3, 0.4) is 0 Å². The number of ether oxygens (including phenoxy) is 3. The number of carbonyl (C=O) groups is 4. The number of nitrogens with zero attached hydrogens (tertiary/aromatic N) is 1. The average molecular weight is 364 g/mol. The summed E-state index contributed by atoms with van der Waals surface area (Å²) in [6.45, 7) is 2.39. The minimum absolute atomic E-state index is 0.0250. The van der Waals surface area contributed by atoms with Gasteiger partial charge in [-0.2, -0.15) is 0 Å². The lowest BCUT2D eigenvalue weighted by Gasteiger charge is -2.28. The van der Waals surface area contributed by atoms with Gasteiger partial charge in [0.15, 0.2) is 6.61 Å². The van der Waals surface area contributed by atoms with Gasteiger partial charge in [0.1, 0.15) is 11.8 Å². The zero-order valence-corrected chi connectivity index (χ0v) is 15.0. The molecule has 2 atom stereocenters. The molecule has 1 aliphatic heterocycles. The minimum atomic E-state index is -1.34. The van der Waals surface area contributed by atoms with E-state index in [0.29, 0.717) is 0 Å². The number of hydrogen-bond acceptors (Lipinski definition) is 8. The summed E-state index contributed by atoms with van der Waals surface area (Å²) in [4.78, 5) is 52.5. The van der Waals surface area contributed by atoms with Gasteiger partial charge in [-0.25, -0.2) is 4.79 Å². The fourth-order valence-corrected chi connectivity index (χ4v) is 2.53. The van der Waals surface area contributed by atoms with E-state index in [1.165, 1.54) is 13.8 Å². The third kappa shape index (κ3) is 4.69. The van der Waals surface area contributed by atoms with Crippen LogP contribution in [0.5, 0.6) is 0 Å². The number of aliphatic imine (C=N–C) groups is 1. The van der Waals surface area contributed by atoms with E-state index >= 15 is 0 Å². The molecule has 0 bridgehead atoms. The molecule has 26 heavy (non-hydrogen) atoms. The van der Waals surface area contributed by atoms with Gasteiger partial charge in [0, 0.05) is 11.4 Å². The Morgan fingerprint density at radius 2 is 1.77 bits per heavy atom. The highest BCUT2D eigenvalue weighted by Gasteiger charge is 2.46. The molecule has 1 aliphatic rings. The number of rotatable bonds is 6. The zero-order chi connectivity index (χ0) is 19.9. The maximum Gasteiger partial charge on any atom is 0.336 e. The van der Waals surface area contributed by atoms with Gasteiger partial charge in [0.2, 0.25) is 0 Å². The summed E-state index contributed by atoms with van der Waals surface area (Å²) < 4.78 is 14.4. The molecule has 9 nitrogen and oxygen atoms in total. The smallest absolute Gasteiger partial charge is 0.336 e. The van der Waals surface area contributed by atoms with Crippen LogP contribution in [0.25, 0.3) is 0 Å². The first-order chi connectivity index (χ1) is 12.3. The molecule has 140 valence electrons. The van der Waals surface area contributed by atoms with Crippen molar-refractivity contribution in [2.45, 2.75) is 13.8 Å². The first-order valence-electron chi connectivity index (χ1n) is 7.57. The number of methoxy groups -OCH3 is 2. The Hall–Kier alpha value is -3.15. The first-order valence-corrected chi connectivity index (χ1v) is 7.57. The second-order valence-electron chi connectivity index (χ2n) is 5.31. The Balaban J connectivity index is 3.16. The molecule has 0 aromatic rings. The van der Waals surface area contributed by atoms with E-state index in [1.54, 1.807) is 0 Å². The summed E-state index contributed by atoms with van der Waals surface area (Å²) >= 11 is 0. The van der Waals surface area contributed by atoms with Crippen LogP contribution in [0.1, 0.15) is 13.8 Å². The van der Waals surface area contributed by atoms with E-state index in [9.17, 15) is 19.2 Å². The Morgan fingerprint density at radius 1 is 1.12 bits per heavy atom. The molecule has 9 heteroatoms. The molecule has 1 rings (SSSR count). The van der Waals surface area contributed by atoms with E-state index in [2.05, 4.69) is 21.0 Å². The first kappa shape index (κ1) is 20.9. The summed E-state index contributed by atoms with van der Waals surface area (Å²) in [7, 11) is 2.28. The van der Waals surface area contributed by atoms with Crippen LogP contribution in [0, 0.1) is 24.2 Å². The summed E-state index contributed by atoms with van der Waals surface area (Å²) in [6.07, 6.45) is 5.02. The fraction of sp³-hybridized carbons (Fsp3) is 0.471. The van der Waals surface area contributed by atoms with Crippen molar-refractivity contribution in [3.8, 4) is 12.3 Å². The molecular formula is C17H20N2O7. The lowest BCUT2D eigenvalue weighted by molar-refractivity contribution is -0.158. The van der Waals surface area contributed by atoms with Gasteiger partial charge in [-0.3, -0.25) is 19.4 Å². The van der Waals surface area contributed by atoms with Crippen molar-refractivity contribution in [3.63, 3.8) is 0 Å². The molecule has 0 aromatic carbocycles. The number of esters is 3. The Labute approximate surface area is 150 Å². The van der Waals surface area contributed by atoms with Gasteiger partial charge in [-0.05, 0) is 13.8 Å². The predicted molar refractivity (Wildman–Crippen MR) is 89.6 cm³/mol. The number of amides is 1. The van der Waals surface area contributed by atoms with Crippen molar-refractivity contribution in [3.05, 3.63) is 11.3 Å². The number of allylic oxidation sites excluding steroid dienone is 1. The molecule has 0 saturated heterocycles. The van der Waals surface area contributed by atoms with Crippen LogP contribution >= 0.6 is 0 Å². The molecule has 0 fully saturated rings. The summed E-state index contributed by atoms with van der Waals surface area (Å²) in [6, 6.07) is 0. The lowest BCUT2D eigenvalue weighted by atomic mass is 9.80. The van der Waals surface area contributed by atoms with Crippen molar-refractivity contribution < 1.29 is 33.4 Å². The monoisotopic (exact) mass is 364 g/mol. The van der Waals surface area contributed by atoms with E-state index < -0.39 is 42.3 Å². The third-order valence-corrected chi connectivity index (χ3v) is 3.68. The maximum atomic E-state index is 12.6. The Bertz CT molecular complexity index is 715. The van der Waals surface area contributed by atoms with Crippen LogP contribution in [0.4, 0.5) is 0 Å². The summed E-state index contributed by atoms with van der Waals surface area (Å²) in [5.74, 6) is -3.47. The van der Waals surface area contributed by atoms with Gasteiger partial charge in [0.25, 0.3) is 5.91 Å². The Kier molecular flexibility index (Phi) is 7.52. The topological polar surface area (TPSA) is 120 Å². The van der Waals surface area contributed by atoms with E-state index in [0.717, 1.165) is 14.2 Å². The highest BCUT2D eigenvalue weighted by molar-refractivity contribution is 6.10. The molecule has 1 N–H and O–H groups in total. The third-order valence-electron chi connectivity index (χ3n) is 3.68. The van der Waals surface area contributed by atoms with Gasteiger partial charge >= 0.3 is 17.9 Å². The quantitative estimate of drug-likeness (QED) is 0.387. The molecule has 0 radical (unpaired) electrons. The van der Waals surface area contributed by atoms with Gasteiger partial charge in [-0.1, -0.05) is 5.92 Å². The second kappa shape index (κ2) is 9.36. The van der Waals surface area contributed by atoms with Gasteiger partial charge in [-0.15, -0.1) is 6.42 Å². The lowest BCUT2D eigenvalue weighted by Crippen LogP contribution is -2.43. The molecular weight excluding hydrogens is 344 g/mol. The normalized spacial score (nSPS) is 19.0. The highest BCUT2D eigenvalue weighted by Crippen LogP contribution is 2.33. The minimum Gasteiger partial charge on any atom is -0.468 e. The predicted octanol–water partition coefficient (Wildman–Crippen LogP) is -0.394. The standard InChI is InChI=1S/C17H20N2O7/c1-6-7-18-11(20)8-26-17(23)14-12(15(21)24-4)9(2)19-10(3)13(14)16(22)25-5/h1,12,14H,7-8H2,2-5H3,(H,18,20)/t12?,14-/m0/s1. The number of nitrogens with one attached hydrogen (secondary N) is 1. The van der Waals surface area contributed by atoms with Gasteiger partial charge in [0.05, 0.1) is 26.3 Å². The van der Waals surface area contributed by atoms with E-state index in [-0.39, 0.29) is 23.5 Å². The van der Waals surface area contributed by atoms with Crippen molar-refractivity contribution in [1.29, 1.82) is 0 Å². The van der Waals surface area contributed by atoms with Crippen molar-refractivity contribution in [2.24, 2.45) is 16.8 Å². The van der Waals surface area contributed by atoms with Crippen LogP contribution in [0.15, 0.2) is 16.3 Å². The highest BCUT2D eigenvalue weighted by atomic mass is 16.5. The number of terminal acetylenes is 1. The largest absolute Gasteiger partial charge is 0.468 e. The SMILES string of the molecule is C#CCNC(=O)COC(=O)[C@@H]1C(C(=O)OC)=C(C)N=C(C)C1C(=O)OC. The molecule has 1 unspecified atom stereocenters.